The van der Waals surface area contributed by atoms with Crippen LogP contribution in [-0.2, 0) is 0 Å². The molecule has 0 aromatic heterocycles. The van der Waals surface area contributed by atoms with E-state index in [1.54, 1.807) is 12.1 Å². The standard InChI is InChI=1S/C18H17ClFN.C5H8S.C3H8/c1-12-6-8-13(9-7-12)17-11-10-15(19)18(21-17)14-4-2-3-5-16(14)20;1-4(2)5(3)6;1-3-2/h2-10,17-18,21H,11H2,1H3;6H,1,3H2,2H3;3H2,1-2H3. The second-order valence-corrected chi connectivity index (χ2v) is 8.32. The van der Waals surface area contributed by atoms with E-state index in [9.17, 15) is 4.39 Å². The van der Waals surface area contributed by atoms with E-state index in [4.69, 9.17) is 11.6 Å². The Morgan fingerprint density at radius 2 is 1.67 bits per heavy atom. The van der Waals surface area contributed by atoms with E-state index in [-0.39, 0.29) is 17.9 Å². The van der Waals surface area contributed by atoms with Crippen molar-refractivity contribution in [2.75, 3.05) is 0 Å². The van der Waals surface area contributed by atoms with Crippen LogP contribution in [0.1, 0.15) is 62.4 Å². The number of hydrogen-bond acceptors (Lipinski definition) is 2. The van der Waals surface area contributed by atoms with Gasteiger partial charge in [0.25, 0.3) is 0 Å². The maximum atomic E-state index is 14.0. The van der Waals surface area contributed by atoms with Crippen LogP contribution in [0, 0.1) is 12.7 Å². The molecular weight excluding hydrogens is 413 g/mol. The van der Waals surface area contributed by atoms with E-state index in [0.717, 1.165) is 16.9 Å². The van der Waals surface area contributed by atoms with Crippen LogP contribution in [0.2, 0.25) is 0 Å². The summed E-state index contributed by atoms with van der Waals surface area (Å²) in [6.45, 7) is 15.3. The topological polar surface area (TPSA) is 12.0 Å². The maximum absolute atomic E-state index is 14.0. The summed E-state index contributed by atoms with van der Waals surface area (Å²) in [6.07, 6.45) is 4.05. The van der Waals surface area contributed by atoms with Crippen LogP contribution in [0.5, 0.6) is 0 Å². The Labute approximate surface area is 192 Å². The Hall–Kier alpha value is -1.81. The second kappa shape index (κ2) is 13.5. The molecule has 3 rings (SSSR count). The Balaban J connectivity index is 0.000000426. The smallest absolute Gasteiger partial charge is 0.128 e. The molecule has 2 aromatic carbocycles. The van der Waals surface area contributed by atoms with E-state index >= 15 is 0 Å². The molecule has 2 unspecified atom stereocenters. The molecule has 4 heteroatoms. The fourth-order valence-electron chi connectivity index (χ4n) is 2.68. The fraction of sp³-hybridized carbons (Fsp3) is 0.308. The summed E-state index contributed by atoms with van der Waals surface area (Å²) in [4.78, 5) is 0.759. The lowest BCUT2D eigenvalue weighted by Crippen LogP contribution is -2.30. The third kappa shape index (κ3) is 8.51. The Morgan fingerprint density at radius 1 is 1.13 bits per heavy atom. The van der Waals surface area contributed by atoms with Gasteiger partial charge >= 0.3 is 0 Å². The molecule has 0 aliphatic carbocycles. The number of aryl methyl sites for hydroxylation is 1. The van der Waals surface area contributed by atoms with E-state index in [0.29, 0.717) is 10.6 Å². The van der Waals surface area contributed by atoms with Crippen molar-refractivity contribution in [3.05, 3.63) is 106 Å². The molecule has 1 aliphatic rings. The van der Waals surface area contributed by atoms with Crippen molar-refractivity contribution in [3.8, 4) is 0 Å². The van der Waals surface area contributed by atoms with E-state index in [1.807, 2.05) is 19.1 Å². The Bertz CT molecular complexity index is 846. The first kappa shape index (κ1) is 26.2. The first-order valence-electron chi connectivity index (χ1n) is 10.2. The lowest BCUT2D eigenvalue weighted by molar-refractivity contribution is 0.455. The van der Waals surface area contributed by atoms with Crippen molar-refractivity contribution < 1.29 is 4.39 Å². The number of hydrogen-bond donors (Lipinski definition) is 2. The molecule has 0 bridgehead atoms. The molecule has 30 heavy (non-hydrogen) atoms. The van der Waals surface area contributed by atoms with E-state index in [2.05, 4.69) is 76.1 Å². The summed E-state index contributed by atoms with van der Waals surface area (Å²) >= 11 is 10.2. The normalized spacial score (nSPS) is 17.5. The monoisotopic (exact) mass is 445 g/mol. The van der Waals surface area contributed by atoms with Crippen molar-refractivity contribution in [2.45, 2.75) is 52.6 Å². The quantitative estimate of drug-likeness (QED) is 0.356. The molecule has 1 N–H and O–H groups in total. The Morgan fingerprint density at radius 3 is 2.17 bits per heavy atom. The van der Waals surface area contributed by atoms with Crippen LogP contribution in [0.3, 0.4) is 0 Å². The third-order valence-electron chi connectivity index (χ3n) is 4.38. The van der Waals surface area contributed by atoms with Crippen LogP contribution in [-0.4, -0.2) is 0 Å². The molecule has 0 saturated heterocycles. The highest BCUT2D eigenvalue weighted by Gasteiger charge is 2.26. The SMILES string of the molecule is C=C(C)C(=C)S.CCC.Cc1ccc(C2CC=C(Cl)C(c3ccccc3F)N2)cc1. The van der Waals surface area contributed by atoms with Gasteiger partial charge in [0, 0.05) is 16.6 Å². The highest BCUT2D eigenvalue weighted by Crippen LogP contribution is 2.35. The summed E-state index contributed by atoms with van der Waals surface area (Å²) in [5.74, 6) is -0.230. The number of benzene rings is 2. The number of nitrogens with one attached hydrogen (secondary N) is 1. The van der Waals surface area contributed by atoms with Crippen molar-refractivity contribution >= 4 is 24.2 Å². The predicted octanol–water partition coefficient (Wildman–Crippen LogP) is 8.45. The molecular formula is C26H33ClFNS. The van der Waals surface area contributed by atoms with E-state index < -0.39 is 0 Å². The molecule has 0 radical (unpaired) electrons. The van der Waals surface area contributed by atoms with Crippen molar-refractivity contribution in [3.63, 3.8) is 0 Å². The fourth-order valence-corrected chi connectivity index (χ4v) is 2.95. The van der Waals surface area contributed by atoms with Crippen molar-refractivity contribution in [1.82, 2.24) is 5.32 Å². The highest BCUT2D eigenvalue weighted by atomic mass is 35.5. The number of thiol groups is 1. The van der Waals surface area contributed by atoms with Gasteiger partial charge in [-0.2, -0.15) is 0 Å². The minimum absolute atomic E-state index is 0.151. The van der Waals surface area contributed by atoms with Gasteiger partial charge in [0.15, 0.2) is 0 Å². The molecule has 1 heterocycles. The largest absolute Gasteiger partial charge is 0.298 e. The number of allylic oxidation sites excluding steroid dienone is 1. The minimum atomic E-state index is -0.284. The predicted molar refractivity (Wildman–Crippen MR) is 134 cm³/mol. The number of halogens is 2. The van der Waals surface area contributed by atoms with Gasteiger partial charge in [-0.25, -0.2) is 4.39 Å². The Kier molecular flexibility index (Phi) is 11.8. The maximum Gasteiger partial charge on any atom is 0.128 e. The van der Waals surface area contributed by atoms with Crippen LogP contribution in [0.15, 0.2) is 83.3 Å². The van der Waals surface area contributed by atoms with Gasteiger partial charge in [-0.1, -0.05) is 99.1 Å². The number of rotatable bonds is 3. The van der Waals surface area contributed by atoms with Crippen LogP contribution in [0.4, 0.5) is 4.39 Å². The molecule has 0 amide bonds. The highest BCUT2D eigenvalue weighted by molar-refractivity contribution is 7.84. The summed E-state index contributed by atoms with van der Waals surface area (Å²) in [6, 6.07) is 15.0. The molecule has 2 atom stereocenters. The summed E-state index contributed by atoms with van der Waals surface area (Å²) in [7, 11) is 0. The van der Waals surface area contributed by atoms with Gasteiger partial charge in [0.1, 0.15) is 5.82 Å². The van der Waals surface area contributed by atoms with E-state index in [1.165, 1.54) is 23.6 Å². The summed E-state index contributed by atoms with van der Waals surface area (Å²) in [5.41, 5.74) is 3.95. The minimum Gasteiger partial charge on any atom is -0.298 e. The third-order valence-corrected chi connectivity index (χ3v) is 5.14. The average molecular weight is 446 g/mol. The summed E-state index contributed by atoms with van der Waals surface area (Å²) in [5, 5.41) is 4.11. The molecule has 162 valence electrons. The summed E-state index contributed by atoms with van der Waals surface area (Å²) < 4.78 is 14.0. The first-order chi connectivity index (χ1) is 14.2. The average Bonchev–Trinajstić information content (AvgIpc) is 2.71. The molecule has 0 fully saturated rings. The zero-order valence-corrected chi connectivity index (χ0v) is 20.0. The van der Waals surface area contributed by atoms with Crippen LogP contribution >= 0.6 is 24.2 Å². The van der Waals surface area contributed by atoms with Crippen molar-refractivity contribution in [2.24, 2.45) is 0 Å². The van der Waals surface area contributed by atoms with Crippen LogP contribution in [0.25, 0.3) is 0 Å². The van der Waals surface area contributed by atoms with Gasteiger partial charge in [-0.05, 0) is 42.4 Å². The van der Waals surface area contributed by atoms with Gasteiger partial charge in [0.05, 0.1) is 6.04 Å². The van der Waals surface area contributed by atoms with Gasteiger partial charge in [-0.15, -0.1) is 12.6 Å². The second-order valence-electron chi connectivity index (χ2n) is 7.34. The molecule has 0 saturated carbocycles. The lowest BCUT2D eigenvalue weighted by Gasteiger charge is -2.30. The molecule has 1 aliphatic heterocycles. The van der Waals surface area contributed by atoms with Crippen LogP contribution < -0.4 is 5.32 Å². The zero-order valence-electron chi connectivity index (χ0n) is 18.4. The van der Waals surface area contributed by atoms with Gasteiger partial charge < -0.3 is 0 Å². The zero-order chi connectivity index (χ0) is 22.7. The first-order valence-corrected chi connectivity index (χ1v) is 11.0. The molecule has 0 spiro atoms. The van der Waals surface area contributed by atoms with Gasteiger partial charge in [0.2, 0.25) is 0 Å². The molecule has 2 aromatic rings. The lowest BCUT2D eigenvalue weighted by atomic mass is 9.94. The van der Waals surface area contributed by atoms with Gasteiger partial charge in [-0.3, -0.25) is 5.32 Å². The van der Waals surface area contributed by atoms with Crippen molar-refractivity contribution in [1.29, 1.82) is 0 Å². The molecule has 1 nitrogen and oxygen atoms in total.